The Balaban J connectivity index is 1.37. The van der Waals surface area contributed by atoms with Gasteiger partial charge in [0.2, 0.25) is 5.28 Å². The van der Waals surface area contributed by atoms with E-state index in [0.29, 0.717) is 28.6 Å². The number of benzene rings is 2. The number of rotatable bonds is 6. The second kappa shape index (κ2) is 10.5. The molecule has 3 atom stereocenters. The monoisotopic (exact) mass is 539 g/mol. The average molecular weight is 540 g/mol. The first-order valence-electron chi connectivity index (χ1n) is 11.6. The van der Waals surface area contributed by atoms with Crippen molar-refractivity contribution in [3.63, 3.8) is 0 Å². The molecule has 2 aromatic carbocycles. The van der Waals surface area contributed by atoms with Gasteiger partial charge < -0.3 is 18.8 Å². The van der Waals surface area contributed by atoms with Crippen LogP contribution in [0.2, 0.25) is 10.4 Å². The van der Waals surface area contributed by atoms with E-state index in [1.807, 2.05) is 38.1 Å². The maximum Gasteiger partial charge on any atom is 0.338 e. The minimum atomic E-state index is -0.709. The van der Waals surface area contributed by atoms with Crippen molar-refractivity contribution in [2.24, 2.45) is 0 Å². The van der Waals surface area contributed by atoms with Crippen LogP contribution in [0, 0.1) is 13.8 Å². The van der Waals surface area contributed by atoms with Crippen molar-refractivity contribution in [3.8, 4) is 0 Å². The van der Waals surface area contributed by atoms with Gasteiger partial charge in [0.25, 0.3) is 0 Å². The average Bonchev–Trinajstić information content (AvgIpc) is 3.47. The lowest BCUT2D eigenvalue weighted by molar-refractivity contribution is -0.0562. The fourth-order valence-corrected chi connectivity index (χ4v) is 4.61. The van der Waals surface area contributed by atoms with E-state index in [-0.39, 0.29) is 17.0 Å². The number of nitrogens with zero attached hydrogens (tertiary/aromatic N) is 3. The van der Waals surface area contributed by atoms with Crippen molar-refractivity contribution >= 4 is 46.2 Å². The molecule has 0 amide bonds. The SMILES string of the molecule is Cc1ccc(C(=O)OC[C@H]2OC(n3ccc4c(Cl)nc(Cl)nc43)CC2OC(=O)c2ccc(C)cc2)cc1. The fourth-order valence-electron chi connectivity index (χ4n) is 4.18. The highest BCUT2D eigenvalue weighted by atomic mass is 35.5. The standard InChI is InChI=1S/C27H23Cl2N3O5/c1-15-3-7-17(8-4-15)25(33)35-14-21-20(37-26(34)18-9-5-16(2)6-10-18)13-22(36-21)32-12-11-19-23(28)30-27(29)31-24(19)32/h3-12,20-22H,13-14H2,1-2H3/t20?,21-,22?/m1/s1. The van der Waals surface area contributed by atoms with Gasteiger partial charge in [0.15, 0.2) is 0 Å². The largest absolute Gasteiger partial charge is 0.459 e. The smallest absolute Gasteiger partial charge is 0.338 e. The van der Waals surface area contributed by atoms with Gasteiger partial charge in [-0.2, -0.15) is 4.98 Å². The molecule has 5 rings (SSSR count). The molecule has 0 aliphatic carbocycles. The van der Waals surface area contributed by atoms with Gasteiger partial charge in [0.05, 0.1) is 16.5 Å². The molecule has 190 valence electrons. The number of esters is 2. The molecule has 0 radical (unpaired) electrons. The molecule has 1 saturated heterocycles. The maximum absolute atomic E-state index is 12.9. The number of hydrogen-bond acceptors (Lipinski definition) is 7. The predicted molar refractivity (Wildman–Crippen MR) is 138 cm³/mol. The minimum absolute atomic E-state index is 0.00127. The predicted octanol–water partition coefficient (Wildman–Crippen LogP) is 5.73. The Morgan fingerprint density at radius 2 is 1.57 bits per heavy atom. The summed E-state index contributed by atoms with van der Waals surface area (Å²) in [6, 6.07) is 15.9. The summed E-state index contributed by atoms with van der Waals surface area (Å²) in [7, 11) is 0. The third kappa shape index (κ3) is 5.46. The third-order valence-electron chi connectivity index (χ3n) is 6.20. The molecule has 8 nitrogen and oxygen atoms in total. The molecular formula is C27H23Cl2N3O5. The van der Waals surface area contributed by atoms with E-state index in [1.165, 1.54) is 0 Å². The van der Waals surface area contributed by atoms with Gasteiger partial charge in [-0.3, -0.25) is 0 Å². The minimum Gasteiger partial charge on any atom is -0.459 e. The van der Waals surface area contributed by atoms with Crippen LogP contribution < -0.4 is 0 Å². The van der Waals surface area contributed by atoms with Crippen LogP contribution in [0.25, 0.3) is 11.0 Å². The summed E-state index contributed by atoms with van der Waals surface area (Å²) < 4.78 is 19.4. The van der Waals surface area contributed by atoms with Crippen molar-refractivity contribution in [2.45, 2.75) is 38.7 Å². The number of ether oxygens (including phenoxy) is 3. The maximum atomic E-state index is 12.9. The van der Waals surface area contributed by atoms with Crippen LogP contribution in [-0.4, -0.2) is 45.3 Å². The van der Waals surface area contributed by atoms with Crippen LogP contribution >= 0.6 is 23.2 Å². The van der Waals surface area contributed by atoms with E-state index in [0.717, 1.165) is 11.1 Å². The van der Waals surface area contributed by atoms with Crippen LogP contribution in [-0.2, 0) is 14.2 Å². The Kier molecular flexibility index (Phi) is 7.15. The third-order valence-corrected chi connectivity index (χ3v) is 6.66. The Labute approximate surface area is 223 Å². The number of halogens is 2. The molecule has 37 heavy (non-hydrogen) atoms. The molecule has 0 N–H and O–H groups in total. The highest BCUT2D eigenvalue weighted by Crippen LogP contribution is 2.35. The highest BCUT2D eigenvalue weighted by molar-refractivity contribution is 6.35. The zero-order valence-corrected chi connectivity index (χ0v) is 21.6. The Morgan fingerprint density at radius 1 is 0.946 bits per heavy atom. The number of aryl methyl sites for hydroxylation is 2. The zero-order chi connectivity index (χ0) is 26.1. The van der Waals surface area contributed by atoms with E-state index < -0.39 is 30.4 Å². The lowest BCUT2D eigenvalue weighted by Crippen LogP contribution is -2.32. The van der Waals surface area contributed by atoms with Gasteiger partial charge in [-0.25, -0.2) is 14.6 Å². The molecule has 0 saturated carbocycles. The normalized spacial score (nSPS) is 19.2. The van der Waals surface area contributed by atoms with E-state index in [2.05, 4.69) is 9.97 Å². The summed E-state index contributed by atoms with van der Waals surface area (Å²) in [6.45, 7) is 3.77. The van der Waals surface area contributed by atoms with Gasteiger partial charge in [0, 0.05) is 12.6 Å². The van der Waals surface area contributed by atoms with Crippen LogP contribution in [0.5, 0.6) is 0 Å². The molecule has 0 bridgehead atoms. The summed E-state index contributed by atoms with van der Waals surface area (Å²) in [6.07, 6.45) is 0.0892. The molecule has 2 unspecified atom stereocenters. The summed E-state index contributed by atoms with van der Waals surface area (Å²) in [5.74, 6) is -0.983. The van der Waals surface area contributed by atoms with Crippen molar-refractivity contribution < 1.29 is 23.8 Å². The lowest BCUT2D eigenvalue weighted by atomic mass is 10.1. The molecule has 4 aromatic rings. The van der Waals surface area contributed by atoms with Crippen molar-refractivity contribution in [1.82, 2.24) is 14.5 Å². The van der Waals surface area contributed by atoms with Crippen molar-refractivity contribution in [2.75, 3.05) is 6.61 Å². The fraction of sp³-hybridized carbons (Fsp3) is 0.259. The Hall–Kier alpha value is -3.46. The topological polar surface area (TPSA) is 92.5 Å². The number of fused-ring (bicyclic) bond motifs is 1. The molecular weight excluding hydrogens is 517 g/mol. The number of hydrogen-bond donors (Lipinski definition) is 0. The first-order chi connectivity index (χ1) is 17.8. The molecule has 1 aliphatic heterocycles. The zero-order valence-electron chi connectivity index (χ0n) is 20.1. The van der Waals surface area contributed by atoms with Crippen LogP contribution in [0.15, 0.2) is 60.8 Å². The van der Waals surface area contributed by atoms with E-state index in [1.54, 1.807) is 41.1 Å². The number of carbonyl (C=O) groups is 2. The first kappa shape index (κ1) is 25.2. The van der Waals surface area contributed by atoms with E-state index in [9.17, 15) is 9.59 Å². The summed E-state index contributed by atoms with van der Waals surface area (Å²) in [4.78, 5) is 33.8. The van der Waals surface area contributed by atoms with Crippen molar-refractivity contribution in [3.05, 3.63) is 93.5 Å². The second-order valence-corrected chi connectivity index (χ2v) is 9.58. The van der Waals surface area contributed by atoms with Crippen molar-refractivity contribution in [1.29, 1.82) is 0 Å². The lowest BCUT2D eigenvalue weighted by Gasteiger charge is -2.19. The summed E-state index contributed by atoms with van der Waals surface area (Å²) >= 11 is 12.3. The molecule has 10 heteroatoms. The molecule has 3 heterocycles. The molecule has 1 fully saturated rings. The Morgan fingerprint density at radius 3 is 2.22 bits per heavy atom. The van der Waals surface area contributed by atoms with Gasteiger partial charge in [0.1, 0.15) is 35.8 Å². The van der Waals surface area contributed by atoms with Crippen LogP contribution in [0.4, 0.5) is 0 Å². The summed E-state index contributed by atoms with van der Waals surface area (Å²) in [5.41, 5.74) is 3.38. The van der Waals surface area contributed by atoms with Crippen LogP contribution in [0.3, 0.4) is 0 Å². The van der Waals surface area contributed by atoms with Gasteiger partial charge >= 0.3 is 11.9 Å². The molecule has 1 aliphatic rings. The summed E-state index contributed by atoms with van der Waals surface area (Å²) in [5, 5.41) is 0.830. The van der Waals surface area contributed by atoms with Gasteiger partial charge in [-0.15, -0.1) is 0 Å². The Bertz CT molecular complexity index is 1450. The molecule has 0 spiro atoms. The molecule has 2 aromatic heterocycles. The van der Waals surface area contributed by atoms with Gasteiger partial charge in [-0.05, 0) is 55.8 Å². The van der Waals surface area contributed by atoms with Gasteiger partial charge in [-0.1, -0.05) is 47.0 Å². The van der Waals surface area contributed by atoms with E-state index in [4.69, 9.17) is 37.4 Å². The number of aromatic nitrogens is 3. The van der Waals surface area contributed by atoms with Crippen LogP contribution in [0.1, 0.15) is 44.5 Å². The second-order valence-electron chi connectivity index (χ2n) is 8.88. The highest BCUT2D eigenvalue weighted by Gasteiger charge is 2.40. The van der Waals surface area contributed by atoms with E-state index >= 15 is 0 Å². The number of carbonyl (C=O) groups excluding carboxylic acids is 2. The first-order valence-corrected chi connectivity index (χ1v) is 12.4. The quantitative estimate of drug-likeness (QED) is 0.175.